The van der Waals surface area contributed by atoms with Gasteiger partial charge in [-0.1, -0.05) is 42.0 Å². The van der Waals surface area contributed by atoms with E-state index in [0.29, 0.717) is 0 Å². The Balaban J connectivity index is 1.80. The highest BCUT2D eigenvalue weighted by Crippen LogP contribution is 2.29. The number of carbonyl (C=O) groups is 1. The number of ketones is 1. The molecule has 0 bridgehead atoms. The Kier molecular flexibility index (Phi) is 4.42. The lowest BCUT2D eigenvalue weighted by atomic mass is 10.1. The van der Waals surface area contributed by atoms with Crippen LogP contribution in [0.4, 0.5) is 0 Å². The molecular weight excluding hydrogens is 284 g/mol. The standard InChI is InChI=1S/C21H20O2/c1-15-3-5-16(6-4-15)13-18-9-10-19(21(18)22)14-17-7-11-20(23-2)12-8-17/h3-8,11-14H,9-10H2,1-2H3/b18-13-,19-14-. The van der Waals surface area contributed by atoms with Gasteiger partial charge in [0.2, 0.25) is 0 Å². The summed E-state index contributed by atoms with van der Waals surface area (Å²) in [5.41, 5.74) is 5.13. The molecule has 0 aromatic heterocycles. The van der Waals surface area contributed by atoms with Crippen molar-refractivity contribution in [3.63, 3.8) is 0 Å². The molecule has 0 unspecified atom stereocenters. The molecule has 1 saturated carbocycles. The van der Waals surface area contributed by atoms with Crippen LogP contribution < -0.4 is 4.74 Å². The van der Waals surface area contributed by atoms with Crippen LogP contribution >= 0.6 is 0 Å². The van der Waals surface area contributed by atoms with E-state index in [9.17, 15) is 4.79 Å². The third-order valence-corrected chi connectivity index (χ3v) is 4.12. The van der Waals surface area contributed by atoms with Crippen molar-refractivity contribution in [3.05, 3.63) is 76.4 Å². The maximum Gasteiger partial charge on any atom is 0.185 e. The van der Waals surface area contributed by atoms with Crippen LogP contribution in [0.25, 0.3) is 12.2 Å². The molecule has 2 nitrogen and oxygen atoms in total. The average molecular weight is 304 g/mol. The molecule has 0 radical (unpaired) electrons. The molecule has 1 aliphatic rings. The van der Waals surface area contributed by atoms with E-state index < -0.39 is 0 Å². The zero-order chi connectivity index (χ0) is 16.2. The summed E-state index contributed by atoms with van der Waals surface area (Å²) in [5.74, 6) is 0.992. The van der Waals surface area contributed by atoms with Crippen molar-refractivity contribution in [1.29, 1.82) is 0 Å². The van der Waals surface area contributed by atoms with Crippen LogP contribution in [0, 0.1) is 6.92 Å². The van der Waals surface area contributed by atoms with Crippen LogP contribution in [0.1, 0.15) is 29.5 Å². The molecule has 3 rings (SSSR count). The number of ether oxygens (including phenoxy) is 1. The van der Waals surface area contributed by atoms with Crippen LogP contribution in [0.15, 0.2) is 59.7 Å². The molecular formula is C21H20O2. The minimum Gasteiger partial charge on any atom is -0.497 e. The molecule has 0 spiro atoms. The number of hydrogen-bond acceptors (Lipinski definition) is 2. The summed E-state index contributed by atoms with van der Waals surface area (Å²) >= 11 is 0. The Labute approximate surface area is 137 Å². The molecule has 116 valence electrons. The highest BCUT2D eigenvalue weighted by atomic mass is 16.5. The molecule has 0 aliphatic heterocycles. The summed E-state index contributed by atoms with van der Waals surface area (Å²) in [6, 6.07) is 16.0. The van der Waals surface area contributed by atoms with Crippen molar-refractivity contribution in [2.24, 2.45) is 0 Å². The second-order valence-corrected chi connectivity index (χ2v) is 5.85. The van der Waals surface area contributed by atoms with E-state index in [-0.39, 0.29) is 5.78 Å². The Morgan fingerprint density at radius 2 is 1.30 bits per heavy atom. The zero-order valence-corrected chi connectivity index (χ0v) is 13.5. The normalized spacial score (nSPS) is 17.9. The fourth-order valence-corrected chi connectivity index (χ4v) is 2.74. The number of Topliss-reactive ketones (excluding diaryl/α,β-unsaturated/α-hetero) is 1. The van der Waals surface area contributed by atoms with Crippen molar-refractivity contribution >= 4 is 17.9 Å². The molecule has 0 amide bonds. The van der Waals surface area contributed by atoms with Crippen LogP contribution in [0.3, 0.4) is 0 Å². The number of carbonyl (C=O) groups excluding carboxylic acids is 1. The van der Waals surface area contributed by atoms with Crippen molar-refractivity contribution in [1.82, 2.24) is 0 Å². The number of rotatable bonds is 3. The summed E-state index contributed by atoms with van der Waals surface area (Å²) < 4.78 is 5.16. The Morgan fingerprint density at radius 3 is 1.78 bits per heavy atom. The van der Waals surface area contributed by atoms with E-state index in [2.05, 4.69) is 31.2 Å². The first-order valence-electron chi connectivity index (χ1n) is 7.82. The van der Waals surface area contributed by atoms with Crippen LogP contribution in [-0.2, 0) is 4.79 Å². The number of hydrogen-bond donors (Lipinski definition) is 0. The molecule has 1 aliphatic carbocycles. The summed E-state index contributed by atoms with van der Waals surface area (Å²) in [4.78, 5) is 12.5. The van der Waals surface area contributed by atoms with Gasteiger partial charge in [-0.25, -0.2) is 0 Å². The van der Waals surface area contributed by atoms with Crippen molar-refractivity contribution < 1.29 is 9.53 Å². The van der Waals surface area contributed by atoms with Crippen molar-refractivity contribution in [2.45, 2.75) is 19.8 Å². The van der Waals surface area contributed by atoms with Gasteiger partial charge in [-0.05, 0) is 55.2 Å². The van der Waals surface area contributed by atoms with Gasteiger partial charge in [-0.15, -0.1) is 0 Å². The van der Waals surface area contributed by atoms with E-state index in [4.69, 9.17) is 4.74 Å². The fraction of sp³-hybridized carbons (Fsp3) is 0.190. The third-order valence-electron chi connectivity index (χ3n) is 4.12. The first-order chi connectivity index (χ1) is 11.2. The van der Waals surface area contributed by atoms with Gasteiger partial charge in [0.05, 0.1) is 7.11 Å². The second-order valence-electron chi connectivity index (χ2n) is 5.85. The average Bonchev–Trinajstić information content (AvgIpc) is 2.91. The molecule has 0 N–H and O–H groups in total. The van der Waals surface area contributed by atoms with E-state index in [1.165, 1.54) is 5.56 Å². The first kappa shape index (κ1) is 15.3. The molecule has 2 aromatic rings. The molecule has 0 heterocycles. The highest BCUT2D eigenvalue weighted by Gasteiger charge is 2.22. The predicted octanol–water partition coefficient (Wildman–Crippen LogP) is 4.83. The minimum atomic E-state index is 0.168. The topological polar surface area (TPSA) is 26.3 Å². The van der Waals surface area contributed by atoms with Gasteiger partial charge < -0.3 is 4.74 Å². The Morgan fingerprint density at radius 1 is 0.826 bits per heavy atom. The molecule has 0 atom stereocenters. The molecule has 2 heteroatoms. The second kappa shape index (κ2) is 6.66. The van der Waals surface area contributed by atoms with Gasteiger partial charge >= 0.3 is 0 Å². The molecule has 1 fully saturated rings. The van der Waals surface area contributed by atoms with Crippen LogP contribution in [0.2, 0.25) is 0 Å². The maximum absolute atomic E-state index is 12.5. The monoisotopic (exact) mass is 304 g/mol. The fourth-order valence-electron chi connectivity index (χ4n) is 2.74. The van der Waals surface area contributed by atoms with Gasteiger partial charge in [0, 0.05) is 11.1 Å². The van der Waals surface area contributed by atoms with Gasteiger partial charge in [0.15, 0.2) is 5.78 Å². The van der Waals surface area contributed by atoms with Crippen molar-refractivity contribution in [3.8, 4) is 5.75 Å². The summed E-state index contributed by atoms with van der Waals surface area (Å²) in [6.45, 7) is 2.06. The molecule has 0 saturated heterocycles. The predicted molar refractivity (Wildman–Crippen MR) is 94.4 cm³/mol. The van der Waals surface area contributed by atoms with E-state index in [1.54, 1.807) is 7.11 Å². The van der Waals surface area contributed by atoms with Gasteiger partial charge in [0.1, 0.15) is 5.75 Å². The minimum absolute atomic E-state index is 0.168. The zero-order valence-electron chi connectivity index (χ0n) is 13.5. The number of benzene rings is 2. The van der Waals surface area contributed by atoms with Crippen LogP contribution in [-0.4, -0.2) is 12.9 Å². The lowest BCUT2D eigenvalue weighted by molar-refractivity contribution is -0.111. The van der Waals surface area contributed by atoms with Crippen LogP contribution in [0.5, 0.6) is 5.75 Å². The summed E-state index contributed by atoms with van der Waals surface area (Å²) in [5, 5.41) is 0. The third kappa shape index (κ3) is 3.59. The largest absolute Gasteiger partial charge is 0.497 e. The van der Waals surface area contributed by atoms with E-state index >= 15 is 0 Å². The maximum atomic E-state index is 12.5. The van der Waals surface area contributed by atoms with E-state index in [1.807, 2.05) is 36.4 Å². The lowest BCUT2D eigenvalue weighted by Crippen LogP contribution is -1.95. The van der Waals surface area contributed by atoms with E-state index in [0.717, 1.165) is 40.9 Å². The van der Waals surface area contributed by atoms with Crippen molar-refractivity contribution in [2.75, 3.05) is 7.11 Å². The Hall–Kier alpha value is -2.61. The Bertz CT molecular complexity index is 762. The SMILES string of the molecule is COc1ccc(/C=C2/CC/C(=C/c3ccc(C)cc3)C2=O)cc1. The smallest absolute Gasteiger partial charge is 0.185 e. The summed E-state index contributed by atoms with van der Waals surface area (Å²) in [6.07, 6.45) is 5.62. The lowest BCUT2D eigenvalue weighted by Gasteiger charge is -2.00. The first-order valence-corrected chi connectivity index (χ1v) is 7.82. The van der Waals surface area contributed by atoms with Gasteiger partial charge in [-0.3, -0.25) is 4.79 Å². The van der Waals surface area contributed by atoms with Gasteiger partial charge in [0.25, 0.3) is 0 Å². The molecule has 23 heavy (non-hydrogen) atoms. The highest BCUT2D eigenvalue weighted by molar-refractivity contribution is 6.15. The quantitative estimate of drug-likeness (QED) is 0.759. The van der Waals surface area contributed by atoms with Gasteiger partial charge in [-0.2, -0.15) is 0 Å². The molecule has 2 aromatic carbocycles. The number of methoxy groups -OCH3 is 1. The summed E-state index contributed by atoms with van der Waals surface area (Å²) in [7, 11) is 1.65. The number of allylic oxidation sites excluding steroid dienone is 2. The number of aryl methyl sites for hydroxylation is 1.